The van der Waals surface area contributed by atoms with Crippen molar-refractivity contribution in [1.82, 2.24) is 0 Å². The second kappa shape index (κ2) is 3.82. The van der Waals surface area contributed by atoms with Gasteiger partial charge in [0.15, 0.2) is 5.78 Å². The third-order valence-electron chi connectivity index (χ3n) is 2.55. The van der Waals surface area contributed by atoms with Crippen molar-refractivity contribution in [1.29, 1.82) is 0 Å². The van der Waals surface area contributed by atoms with E-state index in [-0.39, 0.29) is 5.78 Å². The minimum Gasteiger partial charge on any atom is -0.493 e. The second-order valence-corrected chi connectivity index (χ2v) is 3.52. The largest absolute Gasteiger partial charge is 0.493 e. The molecule has 1 aromatic carbocycles. The fourth-order valence-corrected chi connectivity index (χ4v) is 1.80. The predicted octanol–water partition coefficient (Wildman–Crippen LogP) is 2.60. The average molecular weight is 190 g/mol. The van der Waals surface area contributed by atoms with Crippen molar-refractivity contribution in [2.45, 2.75) is 26.2 Å². The number of ether oxygens (including phenoxy) is 1. The van der Waals surface area contributed by atoms with Crippen molar-refractivity contribution >= 4 is 5.78 Å². The van der Waals surface area contributed by atoms with Gasteiger partial charge in [-0.1, -0.05) is 19.1 Å². The number of hydrogen-bond donors (Lipinski definition) is 0. The molecule has 74 valence electrons. The van der Waals surface area contributed by atoms with Crippen LogP contribution >= 0.6 is 0 Å². The smallest absolute Gasteiger partial charge is 0.166 e. The van der Waals surface area contributed by atoms with Crippen LogP contribution in [0.4, 0.5) is 0 Å². The molecule has 1 heterocycles. The Balaban J connectivity index is 2.45. The van der Waals surface area contributed by atoms with E-state index in [4.69, 9.17) is 4.74 Å². The van der Waals surface area contributed by atoms with Gasteiger partial charge in [-0.25, -0.2) is 0 Å². The molecular weight excluding hydrogens is 176 g/mol. The van der Waals surface area contributed by atoms with Crippen molar-refractivity contribution in [3.8, 4) is 5.75 Å². The predicted molar refractivity (Wildman–Crippen MR) is 54.9 cm³/mol. The topological polar surface area (TPSA) is 26.3 Å². The van der Waals surface area contributed by atoms with Crippen LogP contribution in [0.5, 0.6) is 5.75 Å². The van der Waals surface area contributed by atoms with Crippen molar-refractivity contribution in [3.63, 3.8) is 0 Å². The lowest BCUT2D eigenvalue weighted by molar-refractivity contribution is 0.0983. The summed E-state index contributed by atoms with van der Waals surface area (Å²) in [6, 6.07) is 5.84. The number of aryl methyl sites for hydroxylation is 1. The van der Waals surface area contributed by atoms with Crippen LogP contribution in [0.3, 0.4) is 0 Å². The zero-order chi connectivity index (χ0) is 9.97. The van der Waals surface area contributed by atoms with Gasteiger partial charge in [0.2, 0.25) is 0 Å². The van der Waals surface area contributed by atoms with Gasteiger partial charge in [-0.3, -0.25) is 4.79 Å². The first-order valence-corrected chi connectivity index (χ1v) is 5.11. The molecule has 0 saturated carbocycles. The van der Waals surface area contributed by atoms with E-state index < -0.39 is 0 Å². The maximum absolute atomic E-state index is 11.6. The molecule has 0 bridgehead atoms. The van der Waals surface area contributed by atoms with E-state index in [1.54, 1.807) is 0 Å². The Bertz CT molecular complexity index is 355. The van der Waals surface area contributed by atoms with Crippen LogP contribution in [0.25, 0.3) is 0 Å². The minimum atomic E-state index is 0.170. The van der Waals surface area contributed by atoms with E-state index in [1.807, 2.05) is 25.1 Å². The van der Waals surface area contributed by atoms with E-state index in [0.717, 1.165) is 30.8 Å². The summed E-state index contributed by atoms with van der Waals surface area (Å²) < 4.78 is 5.56. The maximum Gasteiger partial charge on any atom is 0.166 e. The van der Waals surface area contributed by atoms with Gasteiger partial charge in [0, 0.05) is 6.42 Å². The highest BCUT2D eigenvalue weighted by Crippen LogP contribution is 2.29. The lowest BCUT2D eigenvalue weighted by Gasteiger charge is -2.19. The average Bonchev–Trinajstić information content (AvgIpc) is 2.27. The monoisotopic (exact) mass is 190 g/mol. The second-order valence-electron chi connectivity index (χ2n) is 3.52. The van der Waals surface area contributed by atoms with Crippen molar-refractivity contribution in [2.75, 3.05) is 6.61 Å². The van der Waals surface area contributed by atoms with Crippen molar-refractivity contribution in [2.24, 2.45) is 0 Å². The summed E-state index contributed by atoms with van der Waals surface area (Å²) in [7, 11) is 0. The molecule has 1 aliphatic rings. The summed E-state index contributed by atoms with van der Waals surface area (Å²) in [5, 5.41) is 0. The van der Waals surface area contributed by atoms with Crippen LogP contribution < -0.4 is 4.74 Å². The lowest BCUT2D eigenvalue weighted by atomic mass is 9.99. The first-order chi connectivity index (χ1) is 6.83. The molecule has 0 saturated heterocycles. The molecule has 0 unspecified atom stereocenters. The van der Waals surface area contributed by atoms with Gasteiger partial charge < -0.3 is 4.74 Å². The summed E-state index contributed by atoms with van der Waals surface area (Å²) >= 11 is 0. The van der Waals surface area contributed by atoms with Crippen LogP contribution in [0.1, 0.15) is 35.7 Å². The molecule has 0 radical (unpaired) electrons. The molecule has 0 fully saturated rings. The lowest BCUT2D eigenvalue weighted by Crippen LogP contribution is -2.12. The first-order valence-electron chi connectivity index (χ1n) is 5.11. The third kappa shape index (κ3) is 1.52. The summed E-state index contributed by atoms with van der Waals surface area (Å²) in [5.74, 6) is 0.995. The number of hydrogen-bond acceptors (Lipinski definition) is 2. The van der Waals surface area contributed by atoms with E-state index >= 15 is 0 Å². The number of ketones is 1. The molecule has 14 heavy (non-hydrogen) atoms. The summed E-state index contributed by atoms with van der Waals surface area (Å²) in [6.45, 7) is 2.62. The Hall–Kier alpha value is -1.31. The molecule has 0 spiro atoms. The molecule has 1 aromatic rings. The Labute approximate surface area is 83.9 Å². The molecule has 0 N–H and O–H groups in total. The number of fused-ring (bicyclic) bond motifs is 1. The highest BCUT2D eigenvalue weighted by Gasteiger charge is 2.17. The van der Waals surface area contributed by atoms with Gasteiger partial charge in [-0.15, -0.1) is 0 Å². The molecule has 2 rings (SSSR count). The maximum atomic E-state index is 11.6. The molecule has 0 amide bonds. The Kier molecular flexibility index (Phi) is 2.53. The molecular formula is C12H14O2. The Morgan fingerprint density at radius 2 is 2.36 bits per heavy atom. The highest BCUT2D eigenvalue weighted by atomic mass is 16.5. The van der Waals surface area contributed by atoms with Gasteiger partial charge in [-0.2, -0.15) is 0 Å². The Morgan fingerprint density at radius 1 is 1.50 bits per heavy atom. The van der Waals surface area contributed by atoms with Crippen LogP contribution in [-0.4, -0.2) is 12.4 Å². The summed E-state index contributed by atoms with van der Waals surface area (Å²) in [6.07, 6.45) is 2.62. The number of benzene rings is 1. The first kappa shape index (κ1) is 9.25. The molecule has 0 atom stereocenters. The zero-order valence-electron chi connectivity index (χ0n) is 8.38. The highest BCUT2D eigenvalue weighted by molar-refractivity contribution is 5.98. The number of Topliss-reactive ketones (excluding diaryl/α,β-unsaturated/α-hetero) is 1. The third-order valence-corrected chi connectivity index (χ3v) is 2.55. The number of carbonyl (C=O) groups is 1. The standard InChI is InChI=1S/C12H14O2/c1-2-11(13)10-7-3-5-9-6-4-8-14-12(9)10/h3,5,7H,2,4,6,8H2,1H3. The van der Waals surface area contributed by atoms with E-state index in [9.17, 15) is 4.79 Å². The van der Waals surface area contributed by atoms with Crippen LogP contribution in [0.2, 0.25) is 0 Å². The fourth-order valence-electron chi connectivity index (χ4n) is 1.80. The van der Waals surface area contributed by atoms with Gasteiger partial charge >= 0.3 is 0 Å². The quantitative estimate of drug-likeness (QED) is 0.670. The molecule has 0 aliphatic carbocycles. The van der Waals surface area contributed by atoms with Gasteiger partial charge in [0.25, 0.3) is 0 Å². The van der Waals surface area contributed by atoms with Gasteiger partial charge in [0.1, 0.15) is 5.75 Å². The fraction of sp³-hybridized carbons (Fsp3) is 0.417. The van der Waals surface area contributed by atoms with Crippen molar-refractivity contribution < 1.29 is 9.53 Å². The van der Waals surface area contributed by atoms with Crippen molar-refractivity contribution in [3.05, 3.63) is 29.3 Å². The van der Waals surface area contributed by atoms with E-state index in [1.165, 1.54) is 5.56 Å². The number of rotatable bonds is 2. The summed E-state index contributed by atoms with van der Waals surface area (Å²) in [5.41, 5.74) is 1.93. The zero-order valence-corrected chi connectivity index (χ0v) is 8.38. The van der Waals surface area contributed by atoms with E-state index in [0.29, 0.717) is 6.42 Å². The molecule has 2 heteroatoms. The Morgan fingerprint density at radius 3 is 3.14 bits per heavy atom. The minimum absolute atomic E-state index is 0.170. The van der Waals surface area contributed by atoms with Crippen LogP contribution in [0, 0.1) is 0 Å². The SMILES string of the molecule is CCC(=O)c1cccc2c1OCCC2. The van der Waals surface area contributed by atoms with Crippen LogP contribution in [0.15, 0.2) is 18.2 Å². The van der Waals surface area contributed by atoms with E-state index in [2.05, 4.69) is 0 Å². The van der Waals surface area contributed by atoms with Gasteiger partial charge in [0.05, 0.1) is 12.2 Å². The molecule has 0 aromatic heterocycles. The summed E-state index contributed by atoms with van der Waals surface area (Å²) in [4.78, 5) is 11.6. The molecule has 2 nitrogen and oxygen atoms in total. The number of para-hydroxylation sites is 1. The van der Waals surface area contributed by atoms with Crippen LogP contribution in [-0.2, 0) is 6.42 Å². The number of carbonyl (C=O) groups excluding carboxylic acids is 1. The normalized spacial score (nSPS) is 14.4. The molecule has 1 aliphatic heterocycles. The van der Waals surface area contributed by atoms with Gasteiger partial charge in [-0.05, 0) is 24.5 Å².